The van der Waals surface area contributed by atoms with Crippen LogP contribution in [-0.2, 0) is 11.2 Å². The Morgan fingerprint density at radius 3 is 2.57 bits per heavy atom. The van der Waals surface area contributed by atoms with E-state index in [4.69, 9.17) is 4.98 Å². The predicted octanol–water partition coefficient (Wildman–Crippen LogP) is 2.52. The molecule has 28 heavy (non-hydrogen) atoms. The number of hydrogen-bond acceptors (Lipinski definition) is 4. The second-order valence-corrected chi connectivity index (χ2v) is 7.64. The minimum absolute atomic E-state index is 0.0156. The molecule has 1 aromatic carbocycles. The number of aromatic nitrogens is 4. The molecule has 0 spiro atoms. The molecule has 3 aromatic rings. The van der Waals surface area contributed by atoms with E-state index in [0.29, 0.717) is 36.1 Å². The van der Waals surface area contributed by atoms with Crippen LogP contribution in [0.3, 0.4) is 0 Å². The highest BCUT2D eigenvalue weighted by molar-refractivity contribution is 5.79. The van der Waals surface area contributed by atoms with Gasteiger partial charge in [0.05, 0.1) is 17.5 Å². The highest BCUT2D eigenvalue weighted by atomic mass is 16.2. The second-order valence-electron chi connectivity index (χ2n) is 7.64. The average molecular weight is 379 g/mol. The normalized spacial score (nSPS) is 15.3. The molecule has 2 N–H and O–H groups in total. The van der Waals surface area contributed by atoms with Crippen LogP contribution in [0, 0.1) is 20.8 Å². The number of amides is 1. The van der Waals surface area contributed by atoms with Gasteiger partial charge in [-0.1, -0.05) is 12.1 Å². The lowest BCUT2D eigenvalue weighted by atomic mass is 9.95. The lowest BCUT2D eigenvalue weighted by Gasteiger charge is -2.31. The quantitative estimate of drug-likeness (QED) is 0.731. The summed E-state index contributed by atoms with van der Waals surface area (Å²) >= 11 is 0. The SMILES string of the molecule is Cc1nc(C)c(CC(=O)N2CCC(c3nc4c(C)cccc4[nH]3)CC2)c(=O)[nH]1. The number of nitrogens with zero attached hydrogens (tertiary/aromatic N) is 3. The van der Waals surface area contributed by atoms with E-state index in [1.54, 1.807) is 13.8 Å². The minimum Gasteiger partial charge on any atom is -0.342 e. The van der Waals surface area contributed by atoms with Gasteiger partial charge in [-0.15, -0.1) is 0 Å². The largest absolute Gasteiger partial charge is 0.342 e. The standard InChI is InChI=1S/C21H25N5O2/c1-12-5-4-6-17-19(12)25-20(24-17)15-7-9-26(10-8-15)18(27)11-16-13(2)22-14(3)23-21(16)28/h4-6,15H,7-11H2,1-3H3,(H,24,25)(H,22,23,28). The van der Waals surface area contributed by atoms with Crippen molar-refractivity contribution < 1.29 is 4.79 Å². The predicted molar refractivity (Wildman–Crippen MR) is 107 cm³/mol. The number of fused-ring (bicyclic) bond motifs is 1. The maximum Gasteiger partial charge on any atom is 0.254 e. The van der Waals surface area contributed by atoms with Gasteiger partial charge in [-0.2, -0.15) is 0 Å². The van der Waals surface area contributed by atoms with E-state index in [1.165, 1.54) is 5.56 Å². The molecule has 7 heteroatoms. The van der Waals surface area contributed by atoms with Crippen LogP contribution >= 0.6 is 0 Å². The molecular formula is C21H25N5O2. The minimum atomic E-state index is -0.217. The molecule has 3 heterocycles. The summed E-state index contributed by atoms with van der Waals surface area (Å²) in [7, 11) is 0. The Hall–Kier alpha value is -2.96. The Balaban J connectivity index is 1.43. The molecule has 0 saturated carbocycles. The molecule has 7 nitrogen and oxygen atoms in total. The van der Waals surface area contributed by atoms with Gasteiger partial charge in [0, 0.05) is 30.3 Å². The lowest BCUT2D eigenvalue weighted by molar-refractivity contribution is -0.131. The van der Waals surface area contributed by atoms with Gasteiger partial charge in [0.25, 0.3) is 5.56 Å². The number of aromatic amines is 2. The number of para-hydroxylation sites is 1. The molecule has 0 bridgehead atoms. The Morgan fingerprint density at radius 2 is 1.89 bits per heavy atom. The summed E-state index contributed by atoms with van der Waals surface area (Å²) in [4.78, 5) is 41.9. The highest BCUT2D eigenvalue weighted by Gasteiger charge is 2.26. The van der Waals surface area contributed by atoms with Gasteiger partial charge >= 0.3 is 0 Å². The number of benzene rings is 1. The van der Waals surface area contributed by atoms with E-state index in [-0.39, 0.29) is 17.9 Å². The first-order chi connectivity index (χ1) is 13.4. The molecule has 1 amide bonds. The van der Waals surface area contributed by atoms with Crippen LogP contribution < -0.4 is 5.56 Å². The van der Waals surface area contributed by atoms with Crippen LogP contribution in [0.5, 0.6) is 0 Å². The van der Waals surface area contributed by atoms with E-state index < -0.39 is 0 Å². The monoisotopic (exact) mass is 379 g/mol. The topological polar surface area (TPSA) is 94.7 Å². The molecule has 1 fully saturated rings. The highest BCUT2D eigenvalue weighted by Crippen LogP contribution is 2.28. The van der Waals surface area contributed by atoms with Gasteiger partial charge in [0.2, 0.25) is 5.91 Å². The van der Waals surface area contributed by atoms with E-state index in [1.807, 2.05) is 17.0 Å². The van der Waals surface area contributed by atoms with Crippen molar-refractivity contribution >= 4 is 16.9 Å². The summed E-state index contributed by atoms with van der Waals surface area (Å²) in [5.41, 5.74) is 4.13. The second kappa shape index (κ2) is 7.22. The van der Waals surface area contributed by atoms with Crippen LogP contribution in [0.4, 0.5) is 0 Å². The van der Waals surface area contributed by atoms with Crippen molar-refractivity contribution in [3.05, 3.63) is 57.0 Å². The van der Waals surface area contributed by atoms with E-state index in [0.717, 1.165) is 29.7 Å². The summed E-state index contributed by atoms with van der Waals surface area (Å²) in [6.07, 6.45) is 1.83. The molecule has 146 valence electrons. The maximum atomic E-state index is 12.7. The van der Waals surface area contributed by atoms with Crippen LogP contribution in [0.1, 0.15) is 47.2 Å². The summed E-state index contributed by atoms with van der Waals surface area (Å²) in [6.45, 7) is 6.94. The van der Waals surface area contributed by atoms with Crippen LogP contribution in [0.25, 0.3) is 11.0 Å². The molecule has 0 radical (unpaired) electrons. The van der Waals surface area contributed by atoms with Crippen LogP contribution in [0.2, 0.25) is 0 Å². The van der Waals surface area contributed by atoms with Crippen molar-refractivity contribution in [2.45, 2.75) is 46.0 Å². The zero-order valence-corrected chi connectivity index (χ0v) is 16.5. The van der Waals surface area contributed by atoms with Gasteiger partial charge in [-0.3, -0.25) is 9.59 Å². The summed E-state index contributed by atoms with van der Waals surface area (Å²) in [5, 5.41) is 0. The fourth-order valence-electron chi connectivity index (χ4n) is 4.01. The average Bonchev–Trinajstić information content (AvgIpc) is 3.10. The molecule has 0 aliphatic carbocycles. The van der Waals surface area contributed by atoms with E-state index >= 15 is 0 Å². The van der Waals surface area contributed by atoms with Crippen molar-refractivity contribution in [2.75, 3.05) is 13.1 Å². The van der Waals surface area contributed by atoms with Gasteiger partial charge in [0.1, 0.15) is 11.6 Å². The summed E-state index contributed by atoms with van der Waals surface area (Å²) < 4.78 is 0. The van der Waals surface area contributed by atoms with E-state index in [9.17, 15) is 9.59 Å². The number of aryl methyl sites for hydroxylation is 3. The maximum absolute atomic E-state index is 12.7. The third-order valence-electron chi connectivity index (χ3n) is 5.64. The molecule has 1 aliphatic heterocycles. The third kappa shape index (κ3) is 3.44. The van der Waals surface area contributed by atoms with E-state index in [2.05, 4.69) is 27.9 Å². The molecule has 0 atom stereocenters. The smallest absolute Gasteiger partial charge is 0.254 e. The number of hydrogen-bond donors (Lipinski definition) is 2. The van der Waals surface area contributed by atoms with Crippen molar-refractivity contribution in [3.63, 3.8) is 0 Å². The number of nitrogens with one attached hydrogen (secondary N) is 2. The van der Waals surface area contributed by atoms with Crippen LogP contribution in [0.15, 0.2) is 23.0 Å². The molecular weight excluding hydrogens is 354 g/mol. The molecule has 4 rings (SSSR count). The van der Waals surface area contributed by atoms with Gasteiger partial charge in [0.15, 0.2) is 0 Å². The van der Waals surface area contributed by atoms with Crippen molar-refractivity contribution in [3.8, 4) is 0 Å². The Labute approximate surface area is 163 Å². The first-order valence-corrected chi connectivity index (χ1v) is 9.72. The van der Waals surface area contributed by atoms with Crippen molar-refractivity contribution in [1.29, 1.82) is 0 Å². The number of likely N-dealkylation sites (tertiary alicyclic amines) is 1. The Morgan fingerprint density at radius 1 is 1.14 bits per heavy atom. The molecule has 0 unspecified atom stereocenters. The van der Waals surface area contributed by atoms with Gasteiger partial charge in [-0.05, 0) is 45.2 Å². The van der Waals surface area contributed by atoms with Crippen molar-refractivity contribution in [2.24, 2.45) is 0 Å². The Kier molecular flexibility index (Phi) is 4.75. The number of carbonyl (C=O) groups excluding carboxylic acids is 1. The third-order valence-corrected chi connectivity index (χ3v) is 5.64. The number of piperidine rings is 1. The fourth-order valence-corrected chi connectivity index (χ4v) is 4.01. The summed E-state index contributed by atoms with van der Waals surface area (Å²) in [5.74, 6) is 1.88. The number of carbonyl (C=O) groups is 1. The first kappa shape index (κ1) is 18.4. The fraction of sp³-hybridized carbons (Fsp3) is 0.429. The molecule has 1 aliphatic rings. The van der Waals surface area contributed by atoms with Gasteiger partial charge in [-0.25, -0.2) is 9.97 Å². The number of imidazole rings is 1. The summed E-state index contributed by atoms with van der Waals surface area (Å²) in [6, 6.07) is 6.15. The first-order valence-electron chi connectivity index (χ1n) is 9.72. The number of rotatable bonds is 3. The zero-order valence-electron chi connectivity index (χ0n) is 16.5. The lowest BCUT2D eigenvalue weighted by Crippen LogP contribution is -2.40. The Bertz CT molecular complexity index is 1090. The van der Waals surface area contributed by atoms with Gasteiger partial charge < -0.3 is 14.9 Å². The van der Waals surface area contributed by atoms with Crippen LogP contribution in [-0.4, -0.2) is 43.8 Å². The molecule has 2 aromatic heterocycles. The van der Waals surface area contributed by atoms with Crippen molar-refractivity contribution in [1.82, 2.24) is 24.8 Å². The zero-order chi connectivity index (χ0) is 19.8. The number of H-pyrrole nitrogens is 2. The molecule has 1 saturated heterocycles.